The molecule has 0 heterocycles. The van der Waals surface area contributed by atoms with Crippen LogP contribution in [-0.4, -0.2) is 81.9 Å². The Kier molecular flexibility index (Phi) is 107. The van der Waals surface area contributed by atoms with Gasteiger partial charge in [0.05, 0.1) is 0 Å². The summed E-state index contributed by atoms with van der Waals surface area (Å²) in [5, 5.41) is 8.25. The van der Waals surface area contributed by atoms with Gasteiger partial charge in [-0.25, -0.2) is 0 Å². The molecule has 0 fully saturated rings. The van der Waals surface area contributed by atoms with Gasteiger partial charge in [-0.15, -0.1) is 0 Å². The molecule has 0 aliphatic heterocycles. The van der Waals surface area contributed by atoms with Crippen LogP contribution in [0.4, 0.5) is 0 Å². The molecule has 0 radical (unpaired) electrons. The van der Waals surface area contributed by atoms with E-state index >= 15 is 0 Å². The summed E-state index contributed by atoms with van der Waals surface area (Å²) in [5.74, 6) is 0. The molecule has 0 spiro atoms. The summed E-state index contributed by atoms with van der Waals surface area (Å²) in [5.41, 5.74) is 0. The van der Waals surface area contributed by atoms with Crippen molar-refractivity contribution in [3.63, 3.8) is 0 Å². The number of halogens is 1. The second kappa shape index (κ2) is 26.7. The average Bonchev–Trinajstić information content (AvgIpc) is 0.918. The van der Waals surface area contributed by atoms with Crippen molar-refractivity contribution in [2.75, 3.05) is 0 Å². The van der Waals surface area contributed by atoms with E-state index in [0.29, 0.717) is 0 Å². The molecule has 0 atom stereocenters. The molecule has 0 rings (SSSR count). The molecule has 0 amide bonds. The SMILES string of the molecule is O=C[O-].[Ca+2].[Ca+2].[Cl-]. The van der Waals surface area contributed by atoms with Gasteiger partial charge in [-0.05, 0) is 0 Å². The Balaban J connectivity index is -0.00000000667. The van der Waals surface area contributed by atoms with Crippen molar-refractivity contribution < 1.29 is 22.3 Å². The first-order valence-corrected chi connectivity index (χ1v) is 0.471. The van der Waals surface area contributed by atoms with Gasteiger partial charge in [0.2, 0.25) is 0 Å². The molecule has 6 heavy (non-hydrogen) atoms. The van der Waals surface area contributed by atoms with Gasteiger partial charge >= 0.3 is 75.5 Å². The fourth-order valence-corrected chi connectivity index (χ4v) is 0. The van der Waals surface area contributed by atoms with Gasteiger partial charge in [0.25, 0.3) is 0 Å². The molecule has 0 bridgehead atoms. The molecule has 0 aromatic heterocycles. The van der Waals surface area contributed by atoms with Crippen molar-refractivity contribution in [3.8, 4) is 0 Å². The van der Waals surface area contributed by atoms with E-state index in [4.69, 9.17) is 9.90 Å². The van der Waals surface area contributed by atoms with Gasteiger partial charge in [0.15, 0.2) is 0 Å². The number of hydrogen-bond donors (Lipinski definition) is 0. The van der Waals surface area contributed by atoms with Crippen molar-refractivity contribution in [2.24, 2.45) is 0 Å². The summed E-state index contributed by atoms with van der Waals surface area (Å²) in [7, 11) is 0. The summed E-state index contributed by atoms with van der Waals surface area (Å²) < 4.78 is 0. The summed E-state index contributed by atoms with van der Waals surface area (Å²) >= 11 is 0. The van der Waals surface area contributed by atoms with Crippen LogP contribution in [0.1, 0.15) is 0 Å². The van der Waals surface area contributed by atoms with Crippen LogP contribution in [0.3, 0.4) is 0 Å². The predicted molar refractivity (Wildman–Crippen MR) is 17.6 cm³/mol. The molecular weight excluding hydrogens is 160 g/mol. The summed E-state index contributed by atoms with van der Waals surface area (Å²) in [6.07, 6.45) is 0. The average molecular weight is 161 g/mol. The predicted octanol–water partition coefficient (Wildman–Crippen LogP) is -5.39. The largest absolute Gasteiger partial charge is 2.00 e. The third kappa shape index (κ3) is 33.7. The van der Waals surface area contributed by atoms with E-state index in [-0.39, 0.29) is 87.9 Å². The molecule has 0 aliphatic rings. The Morgan fingerprint density at radius 3 is 1.33 bits per heavy atom. The first kappa shape index (κ1) is 24.0. The van der Waals surface area contributed by atoms with E-state index in [9.17, 15) is 0 Å². The van der Waals surface area contributed by atoms with Gasteiger partial charge < -0.3 is 22.3 Å². The third-order valence-corrected chi connectivity index (χ3v) is 0. The fourth-order valence-electron chi connectivity index (χ4n) is 0. The van der Waals surface area contributed by atoms with Crippen molar-refractivity contribution in [3.05, 3.63) is 0 Å². The Morgan fingerprint density at radius 1 is 1.33 bits per heavy atom. The number of hydrogen-bond acceptors (Lipinski definition) is 2. The first-order chi connectivity index (χ1) is 1.41. The zero-order valence-electron chi connectivity index (χ0n) is 3.19. The summed E-state index contributed by atoms with van der Waals surface area (Å²) in [6, 6.07) is 0. The van der Waals surface area contributed by atoms with Crippen LogP contribution in [0.5, 0.6) is 0 Å². The number of carbonyl (C=O) groups is 1. The minimum atomic E-state index is -0.500. The van der Waals surface area contributed by atoms with Crippen molar-refractivity contribution in [1.82, 2.24) is 0 Å². The molecule has 0 unspecified atom stereocenters. The van der Waals surface area contributed by atoms with Gasteiger partial charge in [-0.3, -0.25) is 0 Å². The Morgan fingerprint density at radius 2 is 1.33 bits per heavy atom. The Bertz CT molecular complexity index is 19.0. The van der Waals surface area contributed by atoms with Crippen molar-refractivity contribution >= 4 is 81.9 Å². The van der Waals surface area contributed by atoms with Crippen molar-refractivity contribution in [1.29, 1.82) is 0 Å². The van der Waals surface area contributed by atoms with Gasteiger partial charge in [-0.1, -0.05) is 0 Å². The maximum absolute atomic E-state index is 8.25. The number of carbonyl (C=O) groups excluding carboxylic acids is 1. The molecule has 0 aromatic carbocycles. The van der Waals surface area contributed by atoms with Crippen LogP contribution in [0, 0.1) is 0 Å². The minimum absolute atomic E-state index is 0. The van der Waals surface area contributed by atoms with Crippen LogP contribution in [0.25, 0.3) is 0 Å². The molecule has 5 heteroatoms. The minimum Gasteiger partial charge on any atom is -1.00 e. The van der Waals surface area contributed by atoms with Crippen LogP contribution in [0.15, 0.2) is 0 Å². The normalized spacial score (nSPS) is 2.00. The van der Waals surface area contributed by atoms with E-state index in [1.807, 2.05) is 0 Å². The van der Waals surface area contributed by atoms with Crippen LogP contribution in [0.2, 0.25) is 0 Å². The standard InChI is InChI=1S/CH2O2.2Ca.ClH/c2-1-3;;;/h1H,(H,2,3);;;1H/q;2*+2;/p-2. The summed E-state index contributed by atoms with van der Waals surface area (Å²) in [6.45, 7) is -0.500. The zero-order chi connectivity index (χ0) is 2.71. The van der Waals surface area contributed by atoms with E-state index in [1.165, 1.54) is 0 Å². The molecule has 0 aliphatic carbocycles. The van der Waals surface area contributed by atoms with E-state index in [0.717, 1.165) is 0 Å². The van der Waals surface area contributed by atoms with Crippen LogP contribution in [-0.2, 0) is 4.79 Å². The Labute approximate surface area is 102 Å². The third-order valence-electron chi connectivity index (χ3n) is 0. The smallest absolute Gasteiger partial charge is 1.00 e. The monoisotopic (exact) mass is 160 g/mol. The van der Waals surface area contributed by atoms with Crippen molar-refractivity contribution in [2.45, 2.75) is 0 Å². The number of carboxylic acid groups (broad SMARTS) is 1. The molecule has 0 aromatic rings. The van der Waals surface area contributed by atoms with E-state index < -0.39 is 6.47 Å². The molecule has 0 saturated carbocycles. The molecular formula is CHCa2ClO2+2. The quantitative estimate of drug-likeness (QED) is 0.262. The maximum atomic E-state index is 8.25. The summed E-state index contributed by atoms with van der Waals surface area (Å²) in [4.78, 5) is 8.25. The molecule has 26 valence electrons. The number of rotatable bonds is 0. The maximum Gasteiger partial charge on any atom is 2.00 e. The van der Waals surface area contributed by atoms with Gasteiger partial charge in [0.1, 0.15) is 0 Å². The molecule has 2 nitrogen and oxygen atoms in total. The molecule has 0 N–H and O–H groups in total. The first-order valence-electron chi connectivity index (χ1n) is 0.471. The van der Waals surface area contributed by atoms with Gasteiger partial charge in [0, 0.05) is 6.47 Å². The van der Waals surface area contributed by atoms with E-state index in [2.05, 4.69) is 0 Å². The second-order valence-corrected chi connectivity index (χ2v) is 0.0962. The second-order valence-electron chi connectivity index (χ2n) is 0.0962. The zero-order valence-corrected chi connectivity index (χ0v) is 8.36. The van der Waals surface area contributed by atoms with Crippen LogP contribution >= 0.6 is 0 Å². The van der Waals surface area contributed by atoms with E-state index in [1.54, 1.807) is 0 Å². The van der Waals surface area contributed by atoms with Crippen LogP contribution < -0.4 is 17.5 Å². The topological polar surface area (TPSA) is 40.1 Å². The molecule has 0 saturated heterocycles. The van der Waals surface area contributed by atoms with Gasteiger partial charge in [-0.2, -0.15) is 0 Å². The Hall–Kier alpha value is 2.28. The fraction of sp³-hybridized carbons (Fsp3) is 0.